The van der Waals surface area contributed by atoms with Gasteiger partial charge in [0.1, 0.15) is 36.0 Å². The average molecular weight is 1020 g/mol. The number of pyridine rings is 2. The zero-order valence-corrected chi connectivity index (χ0v) is 41.6. The van der Waals surface area contributed by atoms with Crippen LogP contribution in [-0.2, 0) is 37.4 Å². The Labute approximate surface area is 433 Å². The molecule has 4 heterocycles. The molecule has 7 amide bonds. The van der Waals surface area contributed by atoms with Crippen molar-refractivity contribution in [3.8, 4) is 28.7 Å². The standard InChI is InChI=1S/C55H59N9O11/c1-62-34-39(12-24-50(62)67)38-10-15-41(16-11-38)63(42-17-13-40(14-18-42)60-47-22-9-37(31-56)33-58-47)55(71)59-32-36-7-19-43(20-8-36)74-30-29-73-28-27-72-26-3-2-25-57-49(66)35-75-46-6-4-5-44-51(46)54(70)64(53(44)69)45-21-23-48(65)61-52(45)68/h4-12,15-16,19-20,22,24,33-34,40,42,45H,2-3,13-14,17-18,21,23,25-30,32,35H2,1H3,(H,57,66)(H,58,60)(H,59,71)(H,61,65,68). The fourth-order valence-electron chi connectivity index (χ4n) is 9.17. The largest absolute Gasteiger partial charge is 0.491 e. The van der Waals surface area contributed by atoms with Crippen LogP contribution < -0.4 is 41.2 Å². The van der Waals surface area contributed by atoms with Crippen LogP contribution in [0.15, 0.2) is 108 Å². The topological polar surface area (TPSA) is 253 Å². The number of amides is 7. The van der Waals surface area contributed by atoms with Crippen molar-refractivity contribution in [3.05, 3.63) is 136 Å². The number of nitrogens with zero attached hydrogens (tertiary/aromatic N) is 5. The predicted octanol–water partition coefficient (Wildman–Crippen LogP) is 5.25. The third-order valence-corrected chi connectivity index (χ3v) is 13.2. The van der Waals surface area contributed by atoms with Gasteiger partial charge in [0, 0.05) is 69.4 Å². The van der Waals surface area contributed by atoms with E-state index in [0.717, 1.165) is 53.0 Å². The lowest BCUT2D eigenvalue weighted by molar-refractivity contribution is -0.136. The molecule has 0 radical (unpaired) electrons. The number of rotatable bonds is 23. The Balaban J connectivity index is 0.699. The van der Waals surface area contributed by atoms with Crippen molar-refractivity contribution < 1.29 is 47.7 Å². The van der Waals surface area contributed by atoms with E-state index < -0.39 is 35.6 Å². The number of carbonyl (C=O) groups is 6. The predicted molar refractivity (Wildman–Crippen MR) is 275 cm³/mol. The summed E-state index contributed by atoms with van der Waals surface area (Å²) >= 11 is 0. The van der Waals surface area contributed by atoms with Gasteiger partial charge in [-0.05, 0) is 116 Å². The number of aryl methyl sites for hydroxylation is 1. The summed E-state index contributed by atoms with van der Waals surface area (Å²) in [7, 11) is 1.72. The molecule has 2 aliphatic heterocycles. The third kappa shape index (κ3) is 13.8. The lowest BCUT2D eigenvalue weighted by Gasteiger charge is -2.37. The highest BCUT2D eigenvalue weighted by Gasteiger charge is 2.46. The Bertz CT molecular complexity index is 2950. The minimum absolute atomic E-state index is 0.00531. The molecule has 8 rings (SSSR count). The second-order valence-corrected chi connectivity index (χ2v) is 18.3. The van der Waals surface area contributed by atoms with Crippen molar-refractivity contribution in [3.63, 3.8) is 0 Å². The fraction of sp³-hybridized carbons (Fsp3) is 0.364. The van der Waals surface area contributed by atoms with Gasteiger partial charge in [0.05, 0.1) is 36.5 Å². The maximum Gasteiger partial charge on any atom is 0.322 e. The van der Waals surface area contributed by atoms with Crippen LogP contribution in [0, 0.1) is 11.3 Å². The number of nitrogens with one attached hydrogen (secondary N) is 4. The summed E-state index contributed by atoms with van der Waals surface area (Å²) in [4.78, 5) is 95.9. The average Bonchev–Trinajstić information content (AvgIpc) is 3.68. The van der Waals surface area contributed by atoms with E-state index in [2.05, 4.69) is 32.3 Å². The molecule has 75 heavy (non-hydrogen) atoms. The maximum absolute atomic E-state index is 14.1. The number of piperidine rings is 1. The molecule has 3 aliphatic rings. The first kappa shape index (κ1) is 52.9. The smallest absolute Gasteiger partial charge is 0.322 e. The quantitative estimate of drug-likeness (QED) is 0.0482. The van der Waals surface area contributed by atoms with E-state index >= 15 is 0 Å². The van der Waals surface area contributed by atoms with E-state index in [4.69, 9.17) is 24.2 Å². The van der Waals surface area contributed by atoms with Gasteiger partial charge in [-0.25, -0.2) is 9.78 Å². The zero-order chi connectivity index (χ0) is 52.7. The zero-order valence-electron chi connectivity index (χ0n) is 41.6. The summed E-state index contributed by atoms with van der Waals surface area (Å²) in [6, 6.07) is 27.6. The van der Waals surface area contributed by atoms with Crippen LogP contribution in [-0.4, -0.2) is 114 Å². The first-order valence-electron chi connectivity index (χ1n) is 25.0. The van der Waals surface area contributed by atoms with Crippen molar-refractivity contribution in [1.82, 2.24) is 30.4 Å². The second-order valence-electron chi connectivity index (χ2n) is 18.3. The van der Waals surface area contributed by atoms with Gasteiger partial charge >= 0.3 is 6.03 Å². The van der Waals surface area contributed by atoms with E-state index in [9.17, 15) is 33.6 Å². The Morgan fingerprint density at radius 3 is 2.25 bits per heavy atom. The number of anilines is 2. The molecule has 3 aromatic carbocycles. The monoisotopic (exact) mass is 1020 g/mol. The molecule has 1 saturated heterocycles. The van der Waals surface area contributed by atoms with Crippen LogP contribution in [0.5, 0.6) is 11.5 Å². The van der Waals surface area contributed by atoms with Crippen LogP contribution in [0.25, 0.3) is 11.1 Å². The molecule has 5 aromatic rings. The first-order valence-corrected chi connectivity index (χ1v) is 25.0. The number of carbonyl (C=O) groups excluding carboxylic acids is 6. The Hall–Kier alpha value is -8.41. The summed E-state index contributed by atoms with van der Waals surface area (Å²) in [5.41, 5.74) is 3.95. The van der Waals surface area contributed by atoms with Crippen molar-refractivity contribution in [2.75, 3.05) is 56.4 Å². The van der Waals surface area contributed by atoms with Crippen molar-refractivity contribution >= 4 is 47.1 Å². The van der Waals surface area contributed by atoms with Crippen molar-refractivity contribution in [1.29, 1.82) is 5.26 Å². The van der Waals surface area contributed by atoms with Crippen molar-refractivity contribution in [2.24, 2.45) is 7.05 Å². The Morgan fingerprint density at radius 1 is 0.787 bits per heavy atom. The van der Waals surface area contributed by atoms with Gasteiger partial charge in [-0.3, -0.25) is 43.9 Å². The number of urea groups is 1. The van der Waals surface area contributed by atoms with Gasteiger partial charge < -0.3 is 39.5 Å². The highest BCUT2D eigenvalue weighted by molar-refractivity contribution is 6.24. The minimum Gasteiger partial charge on any atom is -0.491 e. The number of unbranched alkanes of at least 4 members (excludes halogenated alkanes) is 1. The summed E-state index contributed by atoms with van der Waals surface area (Å²) in [6.07, 6.45) is 7.92. The maximum atomic E-state index is 14.1. The first-order chi connectivity index (χ1) is 36.4. The number of ether oxygens (including phenoxy) is 4. The van der Waals surface area contributed by atoms with Crippen LogP contribution in [0.2, 0.25) is 0 Å². The number of aromatic nitrogens is 2. The van der Waals surface area contributed by atoms with Gasteiger partial charge in [-0.2, -0.15) is 5.26 Å². The minimum atomic E-state index is -1.11. The molecular weight excluding hydrogens is 963 g/mol. The second kappa shape index (κ2) is 25.5. The third-order valence-electron chi connectivity index (χ3n) is 13.2. The Kier molecular flexibility index (Phi) is 18.0. The molecule has 390 valence electrons. The molecule has 1 atom stereocenters. The molecule has 4 N–H and O–H groups in total. The summed E-state index contributed by atoms with van der Waals surface area (Å²) < 4.78 is 24.4. The molecule has 1 saturated carbocycles. The molecule has 0 bridgehead atoms. The van der Waals surface area contributed by atoms with Gasteiger partial charge in [-0.1, -0.05) is 30.3 Å². The van der Waals surface area contributed by atoms with Gasteiger partial charge in [-0.15, -0.1) is 0 Å². The number of imide groups is 2. The summed E-state index contributed by atoms with van der Waals surface area (Å²) in [5.74, 6) is -1.53. The van der Waals surface area contributed by atoms with E-state index in [0.29, 0.717) is 76.1 Å². The Morgan fingerprint density at radius 2 is 1.53 bits per heavy atom. The number of nitriles is 1. The molecule has 1 aliphatic carbocycles. The highest BCUT2D eigenvalue weighted by Crippen LogP contribution is 2.34. The fourth-order valence-corrected chi connectivity index (χ4v) is 9.17. The highest BCUT2D eigenvalue weighted by atomic mass is 16.5. The molecule has 20 nitrogen and oxygen atoms in total. The molecule has 20 heteroatoms. The molecule has 2 aromatic heterocycles. The molecule has 2 fully saturated rings. The van der Waals surface area contributed by atoms with E-state index in [1.54, 1.807) is 31.6 Å². The van der Waals surface area contributed by atoms with Crippen LogP contribution >= 0.6 is 0 Å². The van der Waals surface area contributed by atoms with Crippen molar-refractivity contribution in [2.45, 2.75) is 76.0 Å². The van der Waals surface area contributed by atoms with E-state index in [1.165, 1.54) is 28.8 Å². The SMILES string of the molecule is Cn1cc(-c2ccc(N(C(=O)NCc3ccc(OCCOCCOCCCCNC(=O)COc4cccc5c4C(=O)N(C4CCC(=O)NC4=O)C5=O)cc3)C3CCC(Nc4ccc(C#N)cn4)CC3)cc2)ccc1=O. The van der Waals surface area contributed by atoms with Crippen LogP contribution in [0.4, 0.5) is 16.3 Å². The van der Waals surface area contributed by atoms with Gasteiger partial charge in [0.25, 0.3) is 17.7 Å². The van der Waals surface area contributed by atoms with E-state index in [1.807, 2.05) is 59.5 Å². The van der Waals surface area contributed by atoms with Crippen LogP contribution in [0.1, 0.15) is 83.2 Å². The summed E-state index contributed by atoms with van der Waals surface area (Å²) in [5, 5.41) is 20.7. The molecule has 1 unspecified atom stereocenters. The van der Waals surface area contributed by atoms with E-state index in [-0.39, 0.29) is 60.0 Å². The molecular formula is C55H59N9O11. The number of hydrogen-bond acceptors (Lipinski definition) is 14. The van der Waals surface area contributed by atoms with Crippen LogP contribution in [0.3, 0.4) is 0 Å². The number of fused-ring (bicyclic) bond motifs is 1. The number of hydrogen-bond donors (Lipinski definition) is 4. The normalized spacial score (nSPS) is 17.1. The number of benzene rings is 3. The lowest BCUT2D eigenvalue weighted by Crippen LogP contribution is -2.54. The lowest BCUT2D eigenvalue weighted by atomic mass is 9.89. The molecule has 0 spiro atoms. The van der Waals surface area contributed by atoms with Gasteiger partial charge in [0.2, 0.25) is 17.4 Å². The van der Waals surface area contributed by atoms with Gasteiger partial charge in [0.15, 0.2) is 6.61 Å². The summed E-state index contributed by atoms with van der Waals surface area (Å²) in [6.45, 7) is 2.22.